The molecule has 2 heterocycles. The summed E-state index contributed by atoms with van der Waals surface area (Å²) in [5.41, 5.74) is 2.61. The Morgan fingerprint density at radius 1 is 0.690 bits per heavy atom. The van der Waals surface area contributed by atoms with Gasteiger partial charge in [-0.05, 0) is 45.7 Å². The van der Waals surface area contributed by atoms with E-state index < -0.39 is 19.1 Å². The third-order valence-electron chi connectivity index (χ3n) is 4.31. The normalized spacial score (nSPS) is 10.6. The summed E-state index contributed by atoms with van der Waals surface area (Å²) < 4.78 is 0.535. The molecule has 0 atom stereocenters. The molecule has 0 saturated carbocycles. The van der Waals surface area contributed by atoms with E-state index in [1.54, 1.807) is 30.3 Å². The SMILES string of the molecule is II(I)I(I)I(I)I.O=C(O)c1ccnc(-c2ccccc2)c1.O=C(O)c1ccnc(Br)c1.OB(O)c1ccccc1. The third kappa shape index (κ3) is 18.4. The Labute approximate surface area is 314 Å². The maximum atomic E-state index is 10.8. The van der Waals surface area contributed by atoms with E-state index >= 15 is 0 Å². The molecule has 228 valence electrons. The first-order valence-electron chi connectivity index (χ1n) is 10.8. The Bertz CT molecular complexity index is 1370. The van der Waals surface area contributed by atoms with Crippen molar-refractivity contribution >= 4 is 157 Å². The summed E-state index contributed by atoms with van der Waals surface area (Å²) in [5, 5.41) is 34.4. The first-order chi connectivity index (χ1) is 19.8. The fourth-order valence-electron chi connectivity index (χ4n) is 2.52. The molecule has 0 bridgehead atoms. The van der Waals surface area contributed by atoms with Crippen LogP contribution in [0.3, 0.4) is 0 Å². The van der Waals surface area contributed by atoms with E-state index in [-0.39, 0.29) is 34.8 Å². The van der Waals surface area contributed by atoms with Crippen LogP contribution in [-0.2, 0) is 0 Å². The van der Waals surface area contributed by atoms with E-state index in [0.29, 0.717) is 15.8 Å². The molecule has 0 aliphatic carbocycles. The smallest absolute Gasteiger partial charge is 0.478 e. The number of aromatic nitrogens is 2. The molecule has 42 heavy (non-hydrogen) atoms. The van der Waals surface area contributed by atoms with Gasteiger partial charge < -0.3 is 20.3 Å². The largest absolute Gasteiger partial charge is 0.488 e. The summed E-state index contributed by atoms with van der Waals surface area (Å²) in [6, 6.07) is 24.1. The number of pyridine rings is 2. The van der Waals surface area contributed by atoms with Crippen molar-refractivity contribution in [3.63, 3.8) is 0 Å². The summed E-state index contributed by atoms with van der Waals surface area (Å²) in [6.45, 7) is 0. The van der Waals surface area contributed by atoms with Crippen molar-refractivity contribution < 1.29 is 29.9 Å². The van der Waals surface area contributed by atoms with E-state index in [4.69, 9.17) is 20.3 Å². The topological polar surface area (TPSA) is 141 Å². The van der Waals surface area contributed by atoms with Gasteiger partial charge in [-0.3, -0.25) is 4.98 Å². The number of carboxylic acids is 2. The predicted molar refractivity (Wildman–Crippen MR) is 244 cm³/mol. The molecule has 18 heteroatoms. The van der Waals surface area contributed by atoms with Crippen LogP contribution in [0.1, 0.15) is 20.7 Å². The molecule has 0 spiro atoms. The monoisotopic (exact) mass is 1540 g/mol. The van der Waals surface area contributed by atoms with Crippen LogP contribution in [0.15, 0.2) is 102 Å². The Morgan fingerprint density at radius 3 is 1.50 bits per heavy atom. The fourth-order valence-corrected chi connectivity index (χ4v) is 422. The Balaban J connectivity index is 0.000000291. The number of rotatable bonds is 6. The second kappa shape index (κ2) is 24.2. The number of benzene rings is 2. The van der Waals surface area contributed by atoms with E-state index in [9.17, 15) is 9.59 Å². The van der Waals surface area contributed by atoms with Crippen molar-refractivity contribution in [1.29, 1.82) is 0 Å². The van der Waals surface area contributed by atoms with Crippen molar-refractivity contribution in [2.24, 2.45) is 0 Å². The van der Waals surface area contributed by atoms with Gasteiger partial charge in [-0.1, -0.05) is 60.7 Å². The Morgan fingerprint density at radius 2 is 1.14 bits per heavy atom. The number of nitrogens with zero attached hydrogens (tertiary/aromatic N) is 2. The molecule has 8 nitrogen and oxygen atoms in total. The van der Waals surface area contributed by atoms with Crippen molar-refractivity contribution in [3.05, 3.63) is 113 Å². The van der Waals surface area contributed by atoms with Gasteiger partial charge >= 0.3 is 136 Å². The third-order valence-corrected chi connectivity index (χ3v) is 335. The van der Waals surface area contributed by atoms with Crippen LogP contribution in [-0.4, -0.2) is 49.3 Å². The molecule has 4 N–H and O–H groups in total. The predicted octanol–water partition coefficient (Wildman–Crippen LogP) is 10.4. The molecule has 0 aliphatic heterocycles. The van der Waals surface area contributed by atoms with Crippen molar-refractivity contribution in [1.82, 2.24) is 9.97 Å². The van der Waals surface area contributed by atoms with Gasteiger partial charge in [-0.15, -0.1) is 0 Å². The van der Waals surface area contributed by atoms with Gasteiger partial charge in [-0.25, -0.2) is 14.6 Å². The van der Waals surface area contributed by atoms with E-state index in [1.165, 1.54) is 30.6 Å². The summed E-state index contributed by atoms with van der Waals surface area (Å²) in [6.07, 6.45) is 2.94. The molecule has 2 aromatic heterocycles. The Hall–Kier alpha value is 1.98. The number of aromatic carboxylic acids is 2. The second-order valence-electron chi connectivity index (χ2n) is 7.04. The summed E-state index contributed by atoms with van der Waals surface area (Å²) >= 11 is 16.7. The first kappa shape index (κ1) is 42.0. The van der Waals surface area contributed by atoms with Gasteiger partial charge in [0, 0.05) is 18.0 Å². The van der Waals surface area contributed by atoms with Crippen molar-refractivity contribution in [2.45, 2.75) is 0 Å². The zero-order valence-corrected chi connectivity index (χ0v) is 39.6. The van der Waals surface area contributed by atoms with Crippen LogP contribution in [0, 0.1) is 0 Å². The minimum Gasteiger partial charge on any atom is -0.478 e. The Kier molecular flexibility index (Phi) is 24.2. The number of halogens is 9. The van der Waals surface area contributed by atoms with Crippen molar-refractivity contribution in [3.8, 4) is 11.3 Å². The van der Waals surface area contributed by atoms with Gasteiger partial charge in [0.15, 0.2) is 0 Å². The molecule has 0 fully saturated rings. The summed E-state index contributed by atoms with van der Waals surface area (Å²) in [7, 11) is -2.28. The van der Waals surface area contributed by atoms with Crippen LogP contribution in [0.25, 0.3) is 11.3 Å². The molecule has 0 unspecified atom stereocenters. The van der Waals surface area contributed by atoms with Crippen LogP contribution in [0.4, 0.5) is 0 Å². The van der Waals surface area contributed by atoms with Crippen LogP contribution in [0.5, 0.6) is 0 Å². The summed E-state index contributed by atoms with van der Waals surface area (Å²) in [4.78, 5) is 29.0. The van der Waals surface area contributed by atoms with Crippen LogP contribution >= 0.6 is 133 Å². The average molecular weight is 1540 g/mol. The number of hydrogen-bond acceptors (Lipinski definition) is 6. The second-order valence-corrected chi connectivity index (χ2v) is 154. The van der Waals surface area contributed by atoms with Crippen molar-refractivity contribution in [2.75, 3.05) is 0 Å². The maximum Gasteiger partial charge on any atom is 0.488 e. The fraction of sp³-hybridized carbons (Fsp3) is 0. The molecule has 4 rings (SSSR count). The van der Waals surface area contributed by atoms with E-state index in [2.05, 4.69) is 119 Å². The molecule has 0 radical (unpaired) electrons. The zero-order valence-electron chi connectivity index (χ0n) is 20.7. The molecule has 0 aliphatic rings. The maximum absolute atomic E-state index is 10.8. The van der Waals surface area contributed by atoms with Crippen LogP contribution in [0.2, 0.25) is 0 Å². The quantitative estimate of drug-likeness (QED) is 0.0850. The van der Waals surface area contributed by atoms with E-state index in [0.717, 1.165) is 5.56 Å². The number of carboxylic acid groups (broad SMARTS) is 2. The van der Waals surface area contributed by atoms with Crippen LogP contribution < -0.4 is 5.46 Å². The minimum absolute atomic E-state index is 0.238. The average Bonchev–Trinajstić information content (AvgIpc) is 2.98. The minimum atomic E-state index is -1.34. The number of hydrogen-bond donors (Lipinski definition) is 4. The van der Waals surface area contributed by atoms with Gasteiger partial charge in [-0.2, -0.15) is 0 Å². The molecular formula is C24H20BBrI8N2O6. The standard InChI is InChI=1S/C12H9NO2.C6H7BO2.C6H4BrNO2.I8/c14-12(15)10-6-7-13-11(8-10)9-4-2-1-3-5-9;8-7(9)6-4-2-1-3-5-6;7-5-3-4(6(9)10)1-2-8-5;1-6(2)8(5)7(3)4/h1-8H,(H,14,15);1-5,8-9H;1-3H,(H,9,10);. The molecular weight excluding hydrogens is 1520 g/mol. The zero-order chi connectivity index (χ0) is 31.7. The first-order valence-corrected chi connectivity index (χ1v) is 55.6. The van der Waals surface area contributed by atoms with Gasteiger partial charge in [0.2, 0.25) is 0 Å². The van der Waals surface area contributed by atoms with E-state index in [1.807, 2.05) is 36.4 Å². The number of carbonyl (C=O) groups is 2. The van der Waals surface area contributed by atoms with Gasteiger partial charge in [0.25, 0.3) is 0 Å². The molecule has 0 amide bonds. The molecule has 2 aromatic carbocycles. The summed E-state index contributed by atoms with van der Waals surface area (Å²) in [5.74, 6) is -1.88. The van der Waals surface area contributed by atoms with Gasteiger partial charge in [0.05, 0.1) is 16.8 Å². The molecule has 4 aromatic rings. The molecule has 0 saturated heterocycles. The van der Waals surface area contributed by atoms with Gasteiger partial charge in [0.1, 0.15) is 4.60 Å².